The van der Waals surface area contributed by atoms with Gasteiger partial charge in [-0.2, -0.15) is 0 Å². The summed E-state index contributed by atoms with van der Waals surface area (Å²) in [7, 11) is 0. The highest BCUT2D eigenvalue weighted by Gasteiger charge is 2.31. The van der Waals surface area contributed by atoms with Crippen LogP contribution in [0.1, 0.15) is 43.6 Å². The van der Waals surface area contributed by atoms with E-state index in [0.717, 1.165) is 25.5 Å². The van der Waals surface area contributed by atoms with E-state index in [4.69, 9.17) is 12.2 Å². The van der Waals surface area contributed by atoms with E-state index in [1.165, 1.54) is 61.7 Å². The minimum atomic E-state index is 0.592. The summed E-state index contributed by atoms with van der Waals surface area (Å²) in [5.41, 5.74) is 4.64. The second-order valence-corrected chi connectivity index (χ2v) is 11.0. The van der Waals surface area contributed by atoms with Gasteiger partial charge in [0.15, 0.2) is 5.11 Å². The van der Waals surface area contributed by atoms with Crippen LogP contribution in [0.3, 0.4) is 0 Å². The Kier molecular flexibility index (Phi) is 6.55. The number of hydrogen-bond donors (Lipinski definition) is 3. The Balaban J connectivity index is 1.33. The number of nitrogens with zero attached hydrogens (tertiary/aromatic N) is 1. The first kappa shape index (κ1) is 21.7. The van der Waals surface area contributed by atoms with E-state index >= 15 is 0 Å². The molecule has 3 aromatic rings. The molecule has 3 N–H and O–H groups in total. The van der Waals surface area contributed by atoms with E-state index in [0.29, 0.717) is 11.0 Å². The largest absolute Gasteiger partial charge is 0.361 e. The SMILES string of the molecule is S=C(Nc1ccc2[nH]cc(C3CCN4CCCCC4C3)c2c1)Nc1cccc(I)c1Br. The Morgan fingerprint density at radius 3 is 2.94 bits per heavy atom. The summed E-state index contributed by atoms with van der Waals surface area (Å²) in [6.45, 7) is 2.53. The molecule has 2 unspecified atom stereocenters. The van der Waals surface area contributed by atoms with Crippen LogP contribution in [0.2, 0.25) is 0 Å². The molecule has 2 aromatic carbocycles. The van der Waals surface area contributed by atoms with Crippen molar-refractivity contribution in [3.63, 3.8) is 0 Å². The van der Waals surface area contributed by atoms with E-state index in [9.17, 15) is 0 Å². The molecular formula is C24H26BrIN4S. The summed E-state index contributed by atoms with van der Waals surface area (Å²) in [6, 6.07) is 13.4. The number of halogens is 2. The van der Waals surface area contributed by atoms with E-state index in [1.54, 1.807) is 0 Å². The van der Waals surface area contributed by atoms with Crippen molar-refractivity contribution in [1.29, 1.82) is 0 Å². The maximum Gasteiger partial charge on any atom is 0.175 e. The summed E-state index contributed by atoms with van der Waals surface area (Å²) in [4.78, 5) is 6.21. The normalized spacial score (nSPS) is 21.6. The van der Waals surface area contributed by atoms with Gasteiger partial charge in [0.25, 0.3) is 0 Å². The molecule has 4 nitrogen and oxygen atoms in total. The number of piperidine rings is 2. The third kappa shape index (κ3) is 4.65. The standard InChI is InChI=1S/C24H26BrIN4S/c25-23-20(26)5-3-6-22(23)29-24(31)28-16-7-8-21-18(13-16)19(14-27-21)15-9-11-30-10-2-1-4-17(30)12-15/h3,5-8,13-15,17,27H,1-2,4,9-12H2,(H2,28,29,31). The second-order valence-electron chi connectivity index (χ2n) is 8.59. The summed E-state index contributed by atoms with van der Waals surface area (Å²) in [5.74, 6) is 0.635. The van der Waals surface area contributed by atoms with Crippen LogP contribution in [0.25, 0.3) is 10.9 Å². The highest BCUT2D eigenvalue weighted by Crippen LogP contribution is 2.39. The molecule has 7 heteroatoms. The van der Waals surface area contributed by atoms with E-state index in [1.807, 2.05) is 12.1 Å². The average Bonchev–Trinajstić information content (AvgIpc) is 3.20. The van der Waals surface area contributed by atoms with Crippen molar-refractivity contribution in [2.75, 3.05) is 23.7 Å². The molecule has 0 saturated carbocycles. The third-order valence-electron chi connectivity index (χ3n) is 6.68. The number of rotatable bonds is 3. The third-order valence-corrected chi connectivity index (χ3v) is 9.38. The molecule has 1 aromatic heterocycles. The lowest BCUT2D eigenvalue weighted by Gasteiger charge is -2.42. The Morgan fingerprint density at radius 2 is 2.03 bits per heavy atom. The summed E-state index contributed by atoms with van der Waals surface area (Å²) >= 11 is 11.5. The van der Waals surface area contributed by atoms with Gasteiger partial charge in [-0.1, -0.05) is 12.5 Å². The Morgan fingerprint density at radius 1 is 1.13 bits per heavy atom. The lowest BCUT2D eigenvalue weighted by Crippen LogP contribution is -2.44. The first-order valence-corrected chi connectivity index (χ1v) is 13.2. The monoisotopic (exact) mass is 608 g/mol. The van der Waals surface area contributed by atoms with Gasteiger partial charge in [0.1, 0.15) is 0 Å². The van der Waals surface area contributed by atoms with Gasteiger partial charge < -0.3 is 20.5 Å². The number of H-pyrrole nitrogens is 1. The Labute approximate surface area is 210 Å². The molecule has 3 heterocycles. The molecule has 5 rings (SSSR count). The predicted octanol–water partition coefficient (Wildman–Crippen LogP) is 7.08. The lowest BCUT2D eigenvalue weighted by atomic mass is 9.82. The summed E-state index contributed by atoms with van der Waals surface area (Å²) in [5, 5.41) is 8.58. The molecule has 162 valence electrons. The number of aromatic amines is 1. The molecule has 0 bridgehead atoms. The Hall–Kier alpha value is -1.16. The zero-order valence-electron chi connectivity index (χ0n) is 17.3. The van der Waals surface area contributed by atoms with Crippen molar-refractivity contribution < 1.29 is 0 Å². The molecule has 0 spiro atoms. The topological polar surface area (TPSA) is 43.1 Å². The average molecular weight is 609 g/mol. The van der Waals surface area contributed by atoms with Crippen LogP contribution in [-0.4, -0.2) is 34.1 Å². The fourth-order valence-electron chi connectivity index (χ4n) is 5.11. The molecule has 0 radical (unpaired) electrons. The van der Waals surface area contributed by atoms with Crippen LogP contribution in [0, 0.1) is 3.57 Å². The van der Waals surface area contributed by atoms with Crippen LogP contribution >= 0.6 is 50.7 Å². The molecule has 2 aliphatic rings. The van der Waals surface area contributed by atoms with Gasteiger partial charge in [-0.05, 0) is 131 Å². The zero-order chi connectivity index (χ0) is 21.4. The first-order chi connectivity index (χ1) is 15.1. The predicted molar refractivity (Wildman–Crippen MR) is 146 cm³/mol. The van der Waals surface area contributed by atoms with Crippen molar-refractivity contribution in [3.8, 4) is 0 Å². The van der Waals surface area contributed by atoms with Gasteiger partial charge in [-0.15, -0.1) is 0 Å². The minimum absolute atomic E-state index is 0.592. The highest BCUT2D eigenvalue weighted by atomic mass is 127. The molecule has 2 atom stereocenters. The van der Waals surface area contributed by atoms with Gasteiger partial charge in [0, 0.05) is 32.4 Å². The van der Waals surface area contributed by atoms with E-state index in [-0.39, 0.29) is 0 Å². The smallest absolute Gasteiger partial charge is 0.175 e. The molecule has 2 fully saturated rings. The van der Waals surface area contributed by atoms with Crippen molar-refractivity contribution in [2.45, 2.75) is 44.1 Å². The lowest BCUT2D eigenvalue weighted by molar-refractivity contribution is 0.0977. The van der Waals surface area contributed by atoms with Gasteiger partial charge in [0.05, 0.1) is 10.2 Å². The van der Waals surface area contributed by atoms with Crippen LogP contribution < -0.4 is 10.6 Å². The van der Waals surface area contributed by atoms with E-state index in [2.05, 4.69) is 89.5 Å². The van der Waals surface area contributed by atoms with Gasteiger partial charge in [-0.3, -0.25) is 0 Å². The number of aromatic nitrogens is 1. The number of thiocarbonyl (C=S) groups is 1. The van der Waals surface area contributed by atoms with Gasteiger partial charge in [-0.25, -0.2) is 0 Å². The van der Waals surface area contributed by atoms with Gasteiger partial charge >= 0.3 is 0 Å². The maximum absolute atomic E-state index is 5.59. The second kappa shape index (κ2) is 9.37. The van der Waals surface area contributed by atoms with E-state index < -0.39 is 0 Å². The van der Waals surface area contributed by atoms with Crippen LogP contribution in [0.5, 0.6) is 0 Å². The molecule has 31 heavy (non-hydrogen) atoms. The molecule has 2 saturated heterocycles. The molecule has 2 aliphatic heterocycles. The molecule has 0 amide bonds. The van der Waals surface area contributed by atoms with Crippen molar-refractivity contribution in [2.24, 2.45) is 0 Å². The van der Waals surface area contributed by atoms with Crippen LogP contribution in [0.15, 0.2) is 47.1 Å². The minimum Gasteiger partial charge on any atom is -0.361 e. The molecular weight excluding hydrogens is 583 g/mol. The number of benzene rings is 2. The number of fused-ring (bicyclic) bond motifs is 2. The van der Waals surface area contributed by atoms with Crippen LogP contribution in [0.4, 0.5) is 11.4 Å². The summed E-state index contributed by atoms with van der Waals surface area (Å²) < 4.78 is 2.17. The number of hydrogen-bond acceptors (Lipinski definition) is 2. The van der Waals surface area contributed by atoms with Crippen molar-refractivity contribution in [1.82, 2.24) is 9.88 Å². The first-order valence-electron chi connectivity index (χ1n) is 11.0. The quantitative estimate of drug-likeness (QED) is 0.220. The fourth-order valence-corrected chi connectivity index (χ4v) is 6.20. The molecule has 0 aliphatic carbocycles. The van der Waals surface area contributed by atoms with Crippen molar-refractivity contribution in [3.05, 3.63) is 56.2 Å². The zero-order valence-corrected chi connectivity index (χ0v) is 21.8. The fraction of sp³-hybridized carbons (Fsp3) is 0.375. The maximum atomic E-state index is 5.59. The van der Waals surface area contributed by atoms with Crippen molar-refractivity contribution >= 4 is 78.1 Å². The number of anilines is 2. The van der Waals surface area contributed by atoms with Gasteiger partial charge in [0.2, 0.25) is 0 Å². The van der Waals surface area contributed by atoms with Crippen LogP contribution in [-0.2, 0) is 0 Å². The Bertz CT molecular complexity index is 1110. The number of nitrogens with one attached hydrogen (secondary N) is 3. The highest BCUT2D eigenvalue weighted by molar-refractivity contribution is 14.1. The summed E-state index contributed by atoms with van der Waals surface area (Å²) in [6.07, 6.45) is 8.89.